The number of nitrogens with zero attached hydrogens (tertiary/aromatic N) is 1. The first-order valence-electron chi connectivity index (χ1n) is 7.89. The Hall–Kier alpha value is -0.980. The maximum atomic E-state index is 5.32. The summed E-state index contributed by atoms with van der Waals surface area (Å²) in [5, 5.41) is 6.72. The third-order valence-electron chi connectivity index (χ3n) is 3.32. The highest BCUT2D eigenvalue weighted by Gasteiger charge is 2.21. The molecule has 2 N–H and O–H groups in total. The molecule has 0 aliphatic heterocycles. The Labute approximate surface area is 158 Å². The highest BCUT2D eigenvalue weighted by molar-refractivity contribution is 14.0. The molecule has 0 aliphatic carbocycles. The summed E-state index contributed by atoms with van der Waals surface area (Å²) in [5.41, 5.74) is 1.15. The van der Waals surface area contributed by atoms with Gasteiger partial charge in [-0.1, -0.05) is 26.0 Å². The van der Waals surface area contributed by atoms with Crippen LogP contribution in [0.5, 0.6) is 5.75 Å². The minimum Gasteiger partial charge on any atom is -0.497 e. The number of halogens is 1. The van der Waals surface area contributed by atoms with Crippen molar-refractivity contribution in [1.82, 2.24) is 10.6 Å². The van der Waals surface area contributed by atoms with E-state index in [-0.39, 0.29) is 34.9 Å². The van der Waals surface area contributed by atoms with E-state index < -0.39 is 0 Å². The summed E-state index contributed by atoms with van der Waals surface area (Å²) >= 11 is 0. The molecular weight excluding hydrogens is 401 g/mol. The van der Waals surface area contributed by atoms with E-state index in [1.165, 1.54) is 5.56 Å². The Kier molecular flexibility index (Phi) is 8.95. The van der Waals surface area contributed by atoms with Crippen LogP contribution in [0.25, 0.3) is 0 Å². The molecular formula is C18H32IN3O. The molecule has 0 spiro atoms. The molecule has 0 heterocycles. The summed E-state index contributed by atoms with van der Waals surface area (Å²) in [4.78, 5) is 4.76. The van der Waals surface area contributed by atoms with Crippen LogP contribution in [0, 0.1) is 0 Å². The molecule has 0 unspecified atom stereocenters. The molecule has 1 rings (SSSR count). The van der Waals surface area contributed by atoms with Crippen molar-refractivity contribution in [3.63, 3.8) is 0 Å². The zero-order valence-corrected chi connectivity index (χ0v) is 17.8. The first-order chi connectivity index (χ1) is 10.2. The Morgan fingerprint density at radius 2 is 1.83 bits per heavy atom. The second-order valence-electron chi connectivity index (χ2n) is 7.19. The molecule has 0 atom stereocenters. The van der Waals surface area contributed by atoms with Gasteiger partial charge in [0, 0.05) is 17.5 Å². The lowest BCUT2D eigenvalue weighted by Gasteiger charge is -2.27. The number of hydrogen-bond donors (Lipinski definition) is 2. The van der Waals surface area contributed by atoms with Crippen molar-refractivity contribution in [3.8, 4) is 5.75 Å². The average molecular weight is 433 g/mol. The lowest BCUT2D eigenvalue weighted by Crippen LogP contribution is -2.48. The Morgan fingerprint density at radius 1 is 1.17 bits per heavy atom. The molecule has 132 valence electrons. The summed E-state index contributed by atoms with van der Waals surface area (Å²) in [5.74, 6) is 1.74. The van der Waals surface area contributed by atoms with Crippen molar-refractivity contribution in [2.75, 3.05) is 20.2 Å². The molecule has 4 nitrogen and oxygen atoms in total. The molecule has 0 bridgehead atoms. The van der Waals surface area contributed by atoms with Crippen molar-refractivity contribution in [1.29, 1.82) is 0 Å². The fourth-order valence-electron chi connectivity index (χ4n) is 2.07. The smallest absolute Gasteiger partial charge is 0.191 e. The number of aliphatic imine (C=N–C) groups is 1. The van der Waals surface area contributed by atoms with Gasteiger partial charge >= 0.3 is 0 Å². The van der Waals surface area contributed by atoms with E-state index >= 15 is 0 Å². The highest BCUT2D eigenvalue weighted by Crippen LogP contribution is 2.26. The van der Waals surface area contributed by atoms with Crippen LogP contribution in [-0.2, 0) is 5.41 Å². The van der Waals surface area contributed by atoms with Gasteiger partial charge < -0.3 is 15.4 Å². The van der Waals surface area contributed by atoms with Gasteiger partial charge in [0.2, 0.25) is 0 Å². The van der Waals surface area contributed by atoms with E-state index in [0.29, 0.717) is 6.54 Å². The number of ether oxygens (including phenoxy) is 1. The number of methoxy groups -OCH3 is 1. The molecule has 0 radical (unpaired) electrons. The van der Waals surface area contributed by atoms with Crippen molar-refractivity contribution in [2.45, 2.75) is 52.5 Å². The maximum Gasteiger partial charge on any atom is 0.191 e. The van der Waals surface area contributed by atoms with Gasteiger partial charge in [-0.25, -0.2) is 0 Å². The molecule has 0 fully saturated rings. The topological polar surface area (TPSA) is 45.7 Å². The van der Waals surface area contributed by atoms with Gasteiger partial charge in [0.15, 0.2) is 5.96 Å². The molecule has 23 heavy (non-hydrogen) atoms. The normalized spacial score (nSPS) is 12.4. The summed E-state index contributed by atoms with van der Waals surface area (Å²) in [7, 11) is 1.70. The first-order valence-corrected chi connectivity index (χ1v) is 7.89. The minimum absolute atomic E-state index is 0. The predicted octanol–water partition coefficient (Wildman–Crippen LogP) is 3.94. The van der Waals surface area contributed by atoms with E-state index in [0.717, 1.165) is 18.3 Å². The lowest BCUT2D eigenvalue weighted by atomic mass is 9.84. The monoisotopic (exact) mass is 433 g/mol. The number of hydrogen-bond acceptors (Lipinski definition) is 2. The SMILES string of the molecule is CCNC(=NCC(C)(C)c1cccc(OC)c1)NC(C)(C)C.I. The van der Waals surface area contributed by atoms with E-state index in [2.05, 4.69) is 64.3 Å². The van der Waals surface area contributed by atoms with Crippen LogP contribution in [0.4, 0.5) is 0 Å². The number of nitrogens with one attached hydrogen (secondary N) is 2. The van der Waals surface area contributed by atoms with Gasteiger partial charge in [0.25, 0.3) is 0 Å². The molecule has 0 saturated carbocycles. The Morgan fingerprint density at radius 3 is 2.35 bits per heavy atom. The highest BCUT2D eigenvalue weighted by atomic mass is 127. The molecule has 0 saturated heterocycles. The van der Waals surface area contributed by atoms with Gasteiger partial charge in [-0.05, 0) is 45.4 Å². The molecule has 0 aliphatic rings. The Bertz CT molecular complexity index is 507. The van der Waals surface area contributed by atoms with Crippen molar-refractivity contribution < 1.29 is 4.74 Å². The number of benzene rings is 1. The van der Waals surface area contributed by atoms with Crippen LogP contribution in [0.3, 0.4) is 0 Å². The van der Waals surface area contributed by atoms with Crippen LogP contribution in [-0.4, -0.2) is 31.7 Å². The first kappa shape index (κ1) is 22.0. The second kappa shape index (κ2) is 9.35. The van der Waals surface area contributed by atoms with Gasteiger partial charge in [-0.15, -0.1) is 24.0 Å². The standard InChI is InChI=1S/C18H31N3O.HI/c1-8-19-16(21-17(2,3)4)20-13-18(5,6)14-10-9-11-15(12-14)22-7;/h9-12H,8,13H2,1-7H3,(H2,19,20,21);1H. The maximum absolute atomic E-state index is 5.32. The molecule has 5 heteroatoms. The average Bonchev–Trinajstić information content (AvgIpc) is 2.44. The number of rotatable bonds is 5. The fraction of sp³-hybridized carbons (Fsp3) is 0.611. The summed E-state index contributed by atoms with van der Waals surface area (Å²) in [6, 6.07) is 8.20. The lowest BCUT2D eigenvalue weighted by molar-refractivity contribution is 0.412. The quantitative estimate of drug-likeness (QED) is 0.420. The summed E-state index contributed by atoms with van der Waals surface area (Å²) < 4.78 is 5.32. The van der Waals surface area contributed by atoms with Crippen LogP contribution < -0.4 is 15.4 Å². The second-order valence-corrected chi connectivity index (χ2v) is 7.19. The third-order valence-corrected chi connectivity index (χ3v) is 3.32. The van der Waals surface area contributed by atoms with Crippen LogP contribution >= 0.6 is 24.0 Å². The van der Waals surface area contributed by atoms with E-state index in [1.807, 2.05) is 12.1 Å². The third kappa shape index (κ3) is 7.90. The van der Waals surface area contributed by atoms with Crippen molar-refractivity contribution in [2.24, 2.45) is 4.99 Å². The van der Waals surface area contributed by atoms with Gasteiger partial charge in [-0.2, -0.15) is 0 Å². The van der Waals surface area contributed by atoms with E-state index in [4.69, 9.17) is 9.73 Å². The zero-order valence-electron chi connectivity index (χ0n) is 15.5. The fourth-order valence-corrected chi connectivity index (χ4v) is 2.07. The molecule has 1 aromatic carbocycles. The Balaban J connectivity index is 0.00000484. The largest absolute Gasteiger partial charge is 0.497 e. The van der Waals surface area contributed by atoms with E-state index in [1.54, 1.807) is 7.11 Å². The van der Waals surface area contributed by atoms with Crippen LogP contribution in [0.15, 0.2) is 29.3 Å². The summed E-state index contributed by atoms with van der Waals surface area (Å²) in [6.45, 7) is 14.4. The van der Waals surface area contributed by atoms with Crippen LogP contribution in [0.2, 0.25) is 0 Å². The molecule has 0 aromatic heterocycles. The number of guanidine groups is 1. The van der Waals surface area contributed by atoms with Gasteiger partial charge in [0.1, 0.15) is 5.75 Å². The van der Waals surface area contributed by atoms with Crippen molar-refractivity contribution >= 4 is 29.9 Å². The van der Waals surface area contributed by atoms with Gasteiger partial charge in [0.05, 0.1) is 13.7 Å². The molecule has 0 amide bonds. The zero-order chi connectivity index (χ0) is 16.8. The van der Waals surface area contributed by atoms with Crippen LogP contribution in [0.1, 0.15) is 47.1 Å². The van der Waals surface area contributed by atoms with Gasteiger partial charge in [-0.3, -0.25) is 4.99 Å². The van der Waals surface area contributed by atoms with Crippen molar-refractivity contribution in [3.05, 3.63) is 29.8 Å². The predicted molar refractivity (Wildman–Crippen MR) is 110 cm³/mol. The van der Waals surface area contributed by atoms with E-state index in [9.17, 15) is 0 Å². The summed E-state index contributed by atoms with van der Waals surface area (Å²) in [6.07, 6.45) is 0. The molecule has 1 aromatic rings. The minimum atomic E-state index is -0.0607.